The van der Waals surface area contributed by atoms with Gasteiger partial charge >= 0.3 is 39.1 Å². The van der Waals surface area contributed by atoms with Gasteiger partial charge in [0.25, 0.3) is 0 Å². The van der Waals surface area contributed by atoms with Crippen LogP contribution < -0.4 is 20.4 Å². The molecule has 0 saturated heterocycles. The zero-order valence-electron chi connectivity index (χ0n) is 16.6. The zero-order valence-corrected chi connectivity index (χ0v) is 19.8. The second kappa shape index (κ2) is 12.6. The van der Waals surface area contributed by atoms with Crippen molar-refractivity contribution < 1.29 is 18.9 Å². The summed E-state index contributed by atoms with van der Waals surface area (Å²) < 4.78 is 22.1. The molecule has 4 nitrogen and oxygen atoms in total. The summed E-state index contributed by atoms with van der Waals surface area (Å²) in [6.45, 7) is 0. The minimum atomic E-state index is -2.54. The summed E-state index contributed by atoms with van der Waals surface area (Å²) in [5, 5.41) is 0.748. The van der Waals surface area contributed by atoms with Gasteiger partial charge in [-0.05, 0) is 35.4 Å². The molecule has 0 N–H and O–H groups in total. The normalized spacial score (nSPS) is 10.8. The first kappa shape index (κ1) is 25.0. The average Bonchev–Trinajstić information content (AvgIpc) is 2.80. The summed E-state index contributed by atoms with van der Waals surface area (Å²) in [6, 6.07) is 33.0. The molecular formula is C24H18MgO4P2+2. The van der Waals surface area contributed by atoms with E-state index in [9.17, 15) is 18.9 Å². The molecule has 2 unspecified atom stereocenters. The van der Waals surface area contributed by atoms with Crippen LogP contribution in [0.3, 0.4) is 0 Å². The van der Waals surface area contributed by atoms with Gasteiger partial charge in [-0.1, -0.05) is 94.1 Å². The van der Waals surface area contributed by atoms with Crippen LogP contribution in [0.4, 0.5) is 0 Å². The molecule has 0 fully saturated rings. The number of rotatable bonds is 4. The van der Waals surface area contributed by atoms with Gasteiger partial charge in [-0.2, -0.15) is 0 Å². The van der Waals surface area contributed by atoms with Crippen LogP contribution in [0.2, 0.25) is 0 Å². The standard InChI is InChI=1S/2C12H9O2P.Mg/c2*13-15(14)12-9-5-4-8-11(12)10-6-2-1-3-7-10;/h2*1-9H;/q;;+2. The molecule has 0 aliphatic heterocycles. The molecule has 148 valence electrons. The van der Waals surface area contributed by atoms with Gasteiger partial charge in [-0.25, -0.2) is 0 Å². The molecule has 4 rings (SSSR count). The van der Waals surface area contributed by atoms with Crippen molar-refractivity contribution in [3.05, 3.63) is 109 Å². The fourth-order valence-corrected chi connectivity index (χ4v) is 4.21. The van der Waals surface area contributed by atoms with Gasteiger partial charge in [0.15, 0.2) is 10.6 Å². The van der Waals surface area contributed by atoms with Gasteiger partial charge in [0.2, 0.25) is 0 Å². The number of benzene rings is 4. The first-order chi connectivity index (χ1) is 14.6. The van der Waals surface area contributed by atoms with E-state index in [0.29, 0.717) is 10.6 Å². The maximum Gasteiger partial charge on any atom is 2.00 e. The Kier molecular flexibility index (Phi) is 10.2. The van der Waals surface area contributed by atoms with Crippen LogP contribution >= 0.6 is 16.1 Å². The van der Waals surface area contributed by atoms with E-state index in [0.717, 1.165) is 22.3 Å². The van der Waals surface area contributed by atoms with E-state index in [1.807, 2.05) is 84.9 Å². The van der Waals surface area contributed by atoms with Crippen molar-refractivity contribution in [2.24, 2.45) is 0 Å². The largest absolute Gasteiger partial charge is 2.00 e. The van der Waals surface area contributed by atoms with Gasteiger partial charge in [-0.3, -0.25) is 0 Å². The summed E-state index contributed by atoms with van der Waals surface area (Å²) in [5.74, 6) is 0. The van der Waals surface area contributed by atoms with E-state index in [1.54, 1.807) is 24.3 Å². The molecule has 4 aromatic rings. The van der Waals surface area contributed by atoms with E-state index in [-0.39, 0.29) is 23.1 Å². The quantitative estimate of drug-likeness (QED) is 0.346. The summed E-state index contributed by atoms with van der Waals surface area (Å²) in [4.78, 5) is 22.1. The summed E-state index contributed by atoms with van der Waals surface area (Å²) in [6.07, 6.45) is 0. The van der Waals surface area contributed by atoms with E-state index in [4.69, 9.17) is 0 Å². The third-order valence-electron chi connectivity index (χ3n) is 4.37. The minimum absolute atomic E-state index is 0. The van der Waals surface area contributed by atoms with Crippen molar-refractivity contribution >= 4 is 49.7 Å². The minimum Gasteiger partial charge on any atom is -0.591 e. The van der Waals surface area contributed by atoms with Crippen LogP contribution in [0.25, 0.3) is 22.3 Å². The van der Waals surface area contributed by atoms with E-state index < -0.39 is 16.1 Å². The van der Waals surface area contributed by atoms with Crippen LogP contribution in [0, 0.1) is 0 Å². The molecule has 0 radical (unpaired) electrons. The Bertz CT molecular complexity index is 1060. The van der Waals surface area contributed by atoms with Gasteiger partial charge in [-0.15, -0.1) is 0 Å². The Morgan fingerprint density at radius 1 is 0.452 bits per heavy atom. The molecule has 0 heterocycles. The predicted octanol–water partition coefficient (Wildman–Crippen LogP) is 3.78. The van der Waals surface area contributed by atoms with Gasteiger partial charge in [0.1, 0.15) is 0 Å². The predicted molar refractivity (Wildman–Crippen MR) is 124 cm³/mol. The third-order valence-corrected chi connectivity index (χ3v) is 5.94. The van der Waals surface area contributed by atoms with E-state index in [2.05, 4.69) is 0 Å². The number of hydrogen-bond acceptors (Lipinski definition) is 4. The molecule has 7 heteroatoms. The topological polar surface area (TPSA) is 80.3 Å². The summed E-state index contributed by atoms with van der Waals surface area (Å²) in [5.41, 5.74) is 3.36. The molecule has 0 aliphatic rings. The Labute approximate surface area is 199 Å². The Morgan fingerprint density at radius 3 is 1.06 bits per heavy atom. The van der Waals surface area contributed by atoms with Crippen molar-refractivity contribution in [1.29, 1.82) is 0 Å². The maximum atomic E-state index is 11.0. The maximum absolute atomic E-state index is 11.0. The van der Waals surface area contributed by atoms with Crippen molar-refractivity contribution in [2.75, 3.05) is 0 Å². The summed E-state index contributed by atoms with van der Waals surface area (Å²) >= 11 is 0. The molecule has 0 aromatic heterocycles. The average molecular weight is 457 g/mol. The molecule has 0 aliphatic carbocycles. The molecule has 0 spiro atoms. The zero-order chi connectivity index (χ0) is 21.3. The fourth-order valence-electron chi connectivity index (χ4n) is 2.99. The van der Waals surface area contributed by atoms with Crippen molar-refractivity contribution in [3.8, 4) is 22.3 Å². The van der Waals surface area contributed by atoms with Crippen LogP contribution in [-0.2, 0) is 9.13 Å². The molecule has 0 saturated carbocycles. The van der Waals surface area contributed by atoms with Gasteiger partial charge in [0.05, 0.1) is 0 Å². The Hall–Kier alpha value is -2.23. The van der Waals surface area contributed by atoms with Crippen LogP contribution in [0.5, 0.6) is 0 Å². The summed E-state index contributed by atoms with van der Waals surface area (Å²) in [7, 11) is -5.08. The Balaban J connectivity index is 0.000000213. The van der Waals surface area contributed by atoms with E-state index >= 15 is 0 Å². The van der Waals surface area contributed by atoms with E-state index in [1.165, 1.54) is 0 Å². The molecule has 2 atom stereocenters. The van der Waals surface area contributed by atoms with Crippen molar-refractivity contribution in [2.45, 2.75) is 0 Å². The monoisotopic (exact) mass is 456 g/mol. The molecule has 0 bridgehead atoms. The second-order valence-electron chi connectivity index (χ2n) is 6.28. The van der Waals surface area contributed by atoms with Crippen LogP contribution in [0.15, 0.2) is 109 Å². The molecule has 4 aromatic carbocycles. The van der Waals surface area contributed by atoms with Gasteiger partial charge < -0.3 is 9.79 Å². The fraction of sp³-hybridized carbons (Fsp3) is 0. The third kappa shape index (κ3) is 6.88. The van der Waals surface area contributed by atoms with Crippen molar-refractivity contribution in [3.63, 3.8) is 0 Å². The van der Waals surface area contributed by atoms with Crippen LogP contribution in [-0.4, -0.2) is 23.1 Å². The number of hydrogen-bond donors (Lipinski definition) is 0. The Morgan fingerprint density at radius 2 is 0.742 bits per heavy atom. The van der Waals surface area contributed by atoms with Crippen LogP contribution in [0.1, 0.15) is 0 Å². The smallest absolute Gasteiger partial charge is 0.591 e. The van der Waals surface area contributed by atoms with Gasteiger partial charge in [0, 0.05) is 11.1 Å². The van der Waals surface area contributed by atoms with Crippen molar-refractivity contribution in [1.82, 2.24) is 0 Å². The molecule has 31 heavy (non-hydrogen) atoms. The molecular weight excluding hydrogens is 439 g/mol. The SMILES string of the molecule is O=[P+]([O-])c1ccccc1-c1ccccc1.O=[P+]([O-])c1ccccc1-c1ccccc1.[Mg+2]. The molecule has 0 amide bonds. The first-order valence-corrected chi connectivity index (χ1v) is 11.5. The second-order valence-corrected chi connectivity index (χ2v) is 8.27. The first-order valence-electron chi connectivity index (χ1n) is 9.15.